The van der Waals surface area contributed by atoms with Crippen molar-refractivity contribution >= 4 is 28.3 Å². The molecule has 17 heavy (non-hydrogen) atoms. The summed E-state index contributed by atoms with van der Waals surface area (Å²) < 4.78 is 0. The van der Waals surface area contributed by atoms with Gasteiger partial charge in [0.15, 0.2) is 5.17 Å². The molecule has 2 rings (SSSR count). The Kier molecular flexibility index (Phi) is 4.86. The van der Waals surface area contributed by atoms with E-state index < -0.39 is 0 Å². The number of aliphatic imine (C=N–C) groups is 1. The van der Waals surface area contributed by atoms with Crippen LogP contribution in [0.5, 0.6) is 0 Å². The number of thiazole rings is 1. The normalized spacial score (nSPS) is 22.7. The van der Waals surface area contributed by atoms with Gasteiger partial charge in [-0.2, -0.15) is 0 Å². The van der Waals surface area contributed by atoms with Crippen LogP contribution in [0.15, 0.2) is 11.2 Å². The van der Waals surface area contributed by atoms with Crippen molar-refractivity contribution in [2.75, 3.05) is 5.75 Å². The van der Waals surface area contributed by atoms with Gasteiger partial charge in [0.2, 0.25) is 0 Å². The van der Waals surface area contributed by atoms with Gasteiger partial charge >= 0.3 is 0 Å². The molecule has 1 aliphatic rings. The topological polar surface area (TPSA) is 37.3 Å². The minimum absolute atomic E-state index is 0.609. The third-order valence-electron chi connectivity index (χ3n) is 2.83. The molecule has 1 atom stereocenters. The maximum atomic E-state index is 4.62. The van der Waals surface area contributed by atoms with Gasteiger partial charge in [-0.1, -0.05) is 25.6 Å². The fraction of sp³-hybridized carbons (Fsp3) is 0.667. The number of hydrogen-bond donors (Lipinski definition) is 1. The van der Waals surface area contributed by atoms with Gasteiger partial charge < -0.3 is 5.32 Å². The van der Waals surface area contributed by atoms with Gasteiger partial charge in [0, 0.05) is 22.9 Å². The molecule has 1 N–H and O–H groups in total. The van der Waals surface area contributed by atoms with Crippen LogP contribution in [0.25, 0.3) is 0 Å². The highest BCUT2D eigenvalue weighted by molar-refractivity contribution is 8.13. The van der Waals surface area contributed by atoms with Crippen LogP contribution in [-0.2, 0) is 13.0 Å². The lowest BCUT2D eigenvalue weighted by Gasteiger charge is -2.24. The predicted molar refractivity (Wildman–Crippen MR) is 76.9 cm³/mol. The van der Waals surface area contributed by atoms with E-state index in [1.54, 1.807) is 11.3 Å². The van der Waals surface area contributed by atoms with Crippen LogP contribution in [-0.4, -0.2) is 21.9 Å². The number of nitrogens with one attached hydrogen (secondary N) is 1. The molecule has 1 aliphatic heterocycles. The fourth-order valence-corrected chi connectivity index (χ4v) is 3.50. The molecule has 1 aromatic heterocycles. The molecule has 0 saturated carbocycles. The van der Waals surface area contributed by atoms with Crippen molar-refractivity contribution in [1.29, 1.82) is 0 Å². The van der Waals surface area contributed by atoms with Gasteiger partial charge in [0.05, 0.1) is 6.54 Å². The van der Waals surface area contributed by atoms with Crippen molar-refractivity contribution in [3.05, 3.63) is 16.1 Å². The molecule has 0 radical (unpaired) electrons. The van der Waals surface area contributed by atoms with Gasteiger partial charge in [-0.15, -0.1) is 11.3 Å². The average Bonchev–Trinajstić information content (AvgIpc) is 2.84. The highest BCUT2D eigenvalue weighted by Crippen LogP contribution is 2.18. The van der Waals surface area contributed by atoms with Crippen molar-refractivity contribution in [1.82, 2.24) is 10.3 Å². The summed E-state index contributed by atoms with van der Waals surface area (Å²) in [6.07, 6.45) is 5.46. The molecule has 0 bridgehead atoms. The molecule has 1 saturated heterocycles. The Labute approximate surface area is 111 Å². The van der Waals surface area contributed by atoms with Crippen molar-refractivity contribution in [3.8, 4) is 0 Å². The summed E-state index contributed by atoms with van der Waals surface area (Å²) in [5.74, 6) is 1.18. The summed E-state index contributed by atoms with van der Waals surface area (Å²) in [4.78, 5) is 10.3. The van der Waals surface area contributed by atoms with Gasteiger partial charge in [-0.3, -0.25) is 4.99 Å². The zero-order chi connectivity index (χ0) is 12.1. The highest BCUT2D eigenvalue weighted by atomic mass is 32.2. The number of nitrogens with zero attached hydrogens (tertiary/aromatic N) is 2. The molecule has 0 amide bonds. The molecule has 2 heterocycles. The second-order valence-electron chi connectivity index (χ2n) is 4.08. The largest absolute Gasteiger partial charge is 0.362 e. The fourth-order valence-electron chi connectivity index (χ4n) is 1.71. The highest BCUT2D eigenvalue weighted by Gasteiger charge is 2.15. The number of thioether (sulfide) groups is 1. The van der Waals surface area contributed by atoms with Crippen molar-refractivity contribution in [2.24, 2.45) is 4.99 Å². The smallest absolute Gasteiger partial charge is 0.157 e. The van der Waals surface area contributed by atoms with E-state index in [1.165, 1.54) is 23.5 Å². The second-order valence-corrected chi connectivity index (χ2v) is 6.37. The molecule has 1 aromatic rings. The van der Waals surface area contributed by atoms with Crippen LogP contribution in [0.1, 0.15) is 36.6 Å². The molecule has 3 nitrogen and oxygen atoms in total. The number of aryl methyl sites for hydroxylation is 1. The Hall–Kier alpha value is -0.550. The van der Waals surface area contributed by atoms with E-state index in [0.717, 1.165) is 23.1 Å². The van der Waals surface area contributed by atoms with E-state index in [0.29, 0.717) is 6.04 Å². The molecule has 0 spiro atoms. The molecule has 0 aromatic carbocycles. The van der Waals surface area contributed by atoms with E-state index in [1.807, 2.05) is 18.0 Å². The maximum absolute atomic E-state index is 4.62. The predicted octanol–water partition coefficient (Wildman–Crippen LogP) is 3.07. The first-order valence-electron chi connectivity index (χ1n) is 6.19. The third kappa shape index (κ3) is 3.71. The molecule has 1 unspecified atom stereocenters. The summed E-state index contributed by atoms with van der Waals surface area (Å²) in [6, 6.07) is 0.609. The summed E-state index contributed by atoms with van der Waals surface area (Å²) in [6.45, 7) is 5.10. The number of hydrogen-bond acceptors (Lipinski definition) is 4. The average molecular weight is 269 g/mol. The minimum atomic E-state index is 0.609. The molecule has 0 aliphatic carbocycles. The zero-order valence-corrected chi connectivity index (χ0v) is 12.0. The molecule has 94 valence electrons. The first kappa shape index (κ1) is 12.9. The first-order chi connectivity index (χ1) is 8.31. The van der Waals surface area contributed by atoms with Gasteiger partial charge in [0.25, 0.3) is 0 Å². The molecular weight excluding hydrogens is 250 g/mol. The lowest BCUT2D eigenvalue weighted by molar-refractivity contribution is 0.570. The van der Waals surface area contributed by atoms with Gasteiger partial charge in [0.1, 0.15) is 5.01 Å². The van der Waals surface area contributed by atoms with Crippen molar-refractivity contribution in [3.63, 3.8) is 0 Å². The Morgan fingerprint density at radius 3 is 3.12 bits per heavy atom. The Morgan fingerprint density at radius 2 is 2.41 bits per heavy atom. The Bertz CT molecular complexity index is 387. The van der Waals surface area contributed by atoms with E-state index >= 15 is 0 Å². The maximum Gasteiger partial charge on any atom is 0.157 e. The van der Waals surface area contributed by atoms with Crippen LogP contribution in [0.2, 0.25) is 0 Å². The van der Waals surface area contributed by atoms with E-state index in [9.17, 15) is 0 Å². The standard InChI is InChI=1S/C12H19N3S2/c1-3-9-5-6-16-12(15-9)14-8-11-13-7-10(4-2)17-11/h7,9H,3-6,8H2,1-2H3,(H,14,15). The molecule has 1 fully saturated rings. The SMILES string of the molecule is CCc1cnc(CN=C2NC(CC)CCS2)s1. The summed E-state index contributed by atoms with van der Waals surface area (Å²) >= 11 is 3.60. The summed E-state index contributed by atoms with van der Waals surface area (Å²) in [5.41, 5.74) is 0. The van der Waals surface area contributed by atoms with Crippen molar-refractivity contribution in [2.45, 2.75) is 45.7 Å². The van der Waals surface area contributed by atoms with E-state index in [-0.39, 0.29) is 0 Å². The Morgan fingerprint density at radius 1 is 1.53 bits per heavy atom. The first-order valence-corrected chi connectivity index (χ1v) is 7.99. The zero-order valence-electron chi connectivity index (χ0n) is 10.4. The second kappa shape index (κ2) is 6.40. The number of aromatic nitrogens is 1. The number of amidine groups is 1. The lowest BCUT2D eigenvalue weighted by Crippen LogP contribution is -2.37. The Balaban J connectivity index is 1.91. The number of rotatable bonds is 4. The molecule has 5 heteroatoms. The van der Waals surface area contributed by atoms with Crippen LogP contribution < -0.4 is 5.32 Å². The van der Waals surface area contributed by atoms with Gasteiger partial charge in [-0.05, 0) is 19.3 Å². The van der Waals surface area contributed by atoms with Crippen LogP contribution in [0, 0.1) is 0 Å². The molecular formula is C12H19N3S2. The van der Waals surface area contributed by atoms with Gasteiger partial charge in [-0.25, -0.2) is 4.98 Å². The van der Waals surface area contributed by atoms with Crippen molar-refractivity contribution < 1.29 is 0 Å². The monoisotopic (exact) mass is 269 g/mol. The van der Waals surface area contributed by atoms with Crippen LogP contribution in [0.3, 0.4) is 0 Å². The summed E-state index contributed by atoms with van der Waals surface area (Å²) in [7, 11) is 0. The van der Waals surface area contributed by atoms with E-state index in [4.69, 9.17) is 0 Å². The van der Waals surface area contributed by atoms with Crippen LogP contribution >= 0.6 is 23.1 Å². The van der Waals surface area contributed by atoms with E-state index in [2.05, 4.69) is 29.1 Å². The van der Waals surface area contributed by atoms with Crippen LogP contribution in [0.4, 0.5) is 0 Å². The lowest BCUT2D eigenvalue weighted by atomic mass is 10.2. The summed E-state index contributed by atoms with van der Waals surface area (Å²) in [5, 5.41) is 5.70. The third-order valence-corrected chi connectivity index (χ3v) is 4.92. The minimum Gasteiger partial charge on any atom is -0.362 e. The quantitative estimate of drug-likeness (QED) is 0.913.